The van der Waals surface area contributed by atoms with Crippen LogP contribution in [0.4, 0.5) is 0 Å². The fraction of sp³-hybridized carbons (Fsp3) is 0.600. The summed E-state index contributed by atoms with van der Waals surface area (Å²) in [5.41, 5.74) is 7.29. The maximum Gasteiger partial charge on any atom is 0.269 e. The van der Waals surface area contributed by atoms with Crippen LogP contribution in [0, 0.1) is 0 Å². The molecule has 0 bridgehead atoms. The largest absolute Gasteiger partial charge is 0.372 e. The molecule has 3 N–H and O–H groups in total. The third-order valence-electron chi connectivity index (χ3n) is 2.19. The summed E-state index contributed by atoms with van der Waals surface area (Å²) in [5.74, 6) is -0.480. The molecule has 2 rings (SSSR count). The maximum atomic E-state index is 10.9. The van der Waals surface area contributed by atoms with Gasteiger partial charge in [0.05, 0.1) is 18.4 Å². The molecule has 0 saturated heterocycles. The lowest BCUT2D eigenvalue weighted by molar-refractivity contribution is 0.0389. The molecule has 1 aliphatic rings. The molecule has 84 valence electrons. The van der Waals surface area contributed by atoms with Gasteiger partial charge in [-0.15, -0.1) is 0 Å². The van der Waals surface area contributed by atoms with Crippen molar-refractivity contribution in [1.82, 2.24) is 10.2 Å². The Hall–Kier alpha value is -1.36. The minimum Gasteiger partial charge on any atom is -0.372 e. The number of amides is 1. The van der Waals surface area contributed by atoms with Crippen LogP contribution in [0.25, 0.3) is 0 Å². The fourth-order valence-electron chi connectivity index (χ4n) is 1.52. The molecule has 0 spiro atoms. The monoisotopic (exact) mass is 211 g/mol. The zero-order valence-corrected chi connectivity index (χ0v) is 9.33. The van der Waals surface area contributed by atoms with Crippen LogP contribution in [0.5, 0.6) is 0 Å². The number of nitrogens with one attached hydrogen (secondary N) is 1. The van der Waals surface area contributed by atoms with Gasteiger partial charge in [0.1, 0.15) is 0 Å². The van der Waals surface area contributed by atoms with Gasteiger partial charge < -0.3 is 10.5 Å². The SMILES string of the molecule is CC.CC1Cc2c(C(N)=O)n[nH]c2CO1. The van der Waals surface area contributed by atoms with Crippen LogP contribution >= 0.6 is 0 Å². The smallest absolute Gasteiger partial charge is 0.269 e. The highest BCUT2D eigenvalue weighted by atomic mass is 16.5. The quantitative estimate of drug-likeness (QED) is 0.727. The number of aromatic nitrogens is 2. The Morgan fingerprint density at radius 1 is 1.60 bits per heavy atom. The topological polar surface area (TPSA) is 81.0 Å². The number of nitrogens with zero attached hydrogens (tertiary/aromatic N) is 1. The lowest BCUT2D eigenvalue weighted by atomic mass is 10.0. The average Bonchev–Trinajstić information content (AvgIpc) is 2.63. The zero-order valence-electron chi connectivity index (χ0n) is 9.33. The number of primary amides is 1. The number of rotatable bonds is 1. The molecule has 1 aromatic heterocycles. The van der Waals surface area contributed by atoms with Crippen LogP contribution in [0.2, 0.25) is 0 Å². The molecule has 0 fully saturated rings. The van der Waals surface area contributed by atoms with Gasteiger partial charge in [-0.1, -0.05) is 13.8 Å². The number of hydrogen-bond donors (Lipinski definition) is 2. The molecule has 0 aliphatic carbocycles. The summed E-state index contributed by atoms with van der Waals surface area (Å²) in [5, 5.41) is 6.60. The number of aromatic amines is 1. The number of carbonyl (C=O) groups is 1. The molecule has 1 unspecified atom stereocenters. The minimum absolute atomic E-state index is 0.128. The van der Waals surface area contributed by atoms with E-state index in [-0.39, 0.29) is 6.10 Å². The van der Waals surface area contributed by atoms with Crippen LogP contribution in [-0.4, -0.2) is 22.2 Å². The molecule has 5 heteroatoms. The van der Waals surface area contributed by atoms with E-state index < -0.39 is 5.91 Å². The van der Waals surface area contributed by atoms with E-state index in [2.05, 4.69) is 10.2 Å². The summed E-state index contributed by atoms with van der Waals surface area (Å²) in [6, 6.07) is 0. The molecule has 2 heterocycles. The van der Waals surface area contributed by atoms with E-state index >= 15 is 0 Å². The molecule has 0 aromatic carbocycles. The predicted octanol–water partition coefficient (Wildman–Crippen LogP) is 0.996. The highest BCUT2D eigenvalue weighted by Gasteiger charge is 2.23. The molecule has 5 nitrogen and oxygen atoms in total. The molecule has 15 heavy (non-hydrogen) atoms. The molecule has 1 aromatic rings. The molecule has 0 saturated carbocycles. The summed E-state index contributed by atoms with van der Waals surface area (Å²) in [6.07, 6.45) is 0.826. The Balaban J connectivity index is 0.000000531. The summed E-state index contributed by atoms with van der Waals surface area (Å²) < 4.78 is 5.37. The Bertz CT molecular complexity index is 346. The first kappa shape index (κ1) is 11.7. The molecular formula is C10H17N3O2. The van der Waals surface area contributed by atoms with Crippen molar-refractivity contribution in [3.8, 4) is 0 Å². The van der Waals surface area contributed by atoms with Crippen LogP contribution in [0.3, 0.4) is 0 Å². The predicted molar refractivity (Wildman–Crippen MR) is 56.4 cm³/mol. The second-order valence-corrected chi connectivity index (χ2v) is 3.22. The fourth-order valence-corrected chi connectivity index (χ4v) is 1.52. The first-order chi connectivity index (χ1) is 7.18. The van der Waals surface area contributed by atoms with Crippen LogP contribution < -0.4 is 5.73 Å². The summed E-state index contributed by atoms with van der Waals surface area (Å²) in [6.45, 7) is 6.44. The highest BCUT2D eigenvalue weighted by molar-refractivity contribution is 5.92. The third kappa shape index (κ3) is 2.36. The van der Waals surface area contributed by atoms with Crippen molar-refractivity contribution in [2.45, 2.75) is 39.9 Å². The summed E-state index contributed by atoms with van der Waals surface area (Å²) in [7, 11) is 0. The number of nitrogens with two attached hydrogens (primary N) is 1. The zero-order chi connectivity index (χ0) is 11.4. The maximum absolute atomic E-state index is 10.9. The van der Waals surface area contributed by atoms with Gasteiger partial charge in [0, 0.05) is 12.0 Å². The van der Waals surface area contributed by atoms with Gasteiger partial charge >= 0.3 is 0 Å². The number of fused-ring (bicyclic) bond motifs is 1. The van der Waals surface area contributed by atoms with E-state index in [0.717, 1.165) is 11.3 Å². The summed E-state index contributed by atoms with van der Waals surface area (Å²) in [4.78, 5) is 10.9. The lowest BCUT2D eigenvalue weighted by Gasteiger charge is -2.18. The standard InChI is InChI=1S/C8H11N3O2.C2H6/c1-4-2-5-6(3-13-4)10-11-7(5)8(9)12;1-2/h4H,2-3H2,1H3,(H2,9,12)(H,10,11);1-2H3. The number of hydrogen-bond acceptors (Lipinski definition) is 3. The van der Waals surface area contributed by atoms with Crippen LogP contribution in [-0.2, 0) is 17.8 Å². The number of H-pyrrole nitrogens is 1. The van der Waals surface area contributed by atoms with Gasteiger partial charge in [-0.2, -0.15) is 5.10 Å². The van der Waals surface area contributed by atoms with E-state index in [1.807, 2.05) is 20.8 Å². The van der Waals surface area contributed by atoms with Gasteiger partial charge in [-0.3, -0.25) is 9.89 Å². The molecule has 1 aliphatic heterocycles. The Kier molecular flexibility index (Phi) is 3.85. The Morgan fingerprint density at radius 3 is 2.87 bits per heavy atom. The van der Waals surface area contributed by atoms with Gasteiger partial charge in [-0.25, -0.2) is 0 Å². The van der Waals surface area contributed by atoms with Crippen molar-refractivity contribution >= 4 is 5.91 Å². The molecular weight excluding hydrogens is 194 g/mol. The van der Waals surface area contributed by atoms with Crippen molar-refractivity contribution in [2.24, 2.45) is 5.73 Å². The van der Waals surface area contributed by atoms with Gasteiger partial charge in [-0.05, 0) is 6.92 Å². The van der Waals surface area contributed by atoms with Gasteiger partial charge in [0.2, 0.25) is 0 Å². The van der Waals surface area contributed by atoms with E-state index in [0.29, 0.717) is 18.7 Å². The van der Waals surface area contributed by atoms with Crippen LogP contribution in [0.15, 0.2) is 0 Å². The van der Waals surface area contributed by atoms with Crippen molar-refractivity contribution in [3.05, 3.63) is 17.0 Å². The van der Waals surface area contributed by atoms with E-state index in [9.17, 15) is 4.79 Å². The normalized spacial score (nSPS) is 18.7. The van der Waals surface area contributed by atoms with Crippen molar-refractivity contribution in [2.75, 3.05) is 0 Å². The summed E-state index contributed by atoms with van der Waals surface area (Å²) >= 11 is 0. The van der Waals surface area contributed by atoms with Crippen molar-refractivity contribution < 1.29 is 9.53 Å². The average molecular weight is 211 g/mol. The van der Waals surface area contributed by atoms with Crippen molar-refractivity contribution in [1.29, 1.82) is 0 Å². The van der Waals surface area contributed by atoms with Gasteiger partial charge in [0.15, 0.2) is 5.69 Å². The second-order valence-electron chi connectivity index (χ2n) is 3.22. The number of ether oxygens (including phenoxy) is 1. The first-order valence-electron chi connectivity index (χ1n) is 5.16. The van der Waals surface area contributed by atoms with E-state index in [4.69, 9.17) is 10.5 Å². The highest BCUT2D eigenvalue weighted by Crippen LogP contribution is 2.21. The van der Waals surface area contributed by atoms with Crippen molar-refractivity contribution in [3.63, 3.8) is 0 Å². The second kappa shape index (κ2) is 4.93. The molecule has 0 radical (unpaired) electrons. The lowest BCUT2D eigenvalue weighted by Crippen LogP contribution is -2.21. The van der Waals surface area contributed by atoms with E-state index in [1.54, 1.807) is 0 Å². The minimum atomic E-state index is -0.480. The third-order valence-corrected chi connectivity index (χ3v) is 2.19. The first-order valence-corrected chi connectivity index (χ1v) is 5.16. The Morgan fingerprint density at radius 2 is 2.27 bits per heavy atom. The van der Waals surface area contributed by atoms with E-state index in [1.165, 1.54) is 0 Å². The van der Waals surface area contributed by atoms with Gasteiger partial charge in [0.25, 0.3) is 5.91 Å². The Labute approximate surface area is 89.0 Å². The molecule has 1 amide bonds. The number of carbonyl (C=O) groups excluding carboxylic acids is 1. The van der Waals surface area contributed by atoms with Crippen LogP contribution in [0.1, 0.15) is 42.5 Å². The molecule has 1 atom stereocenters.